The topological polar surface area (TPSA) is 140 Å². The van der Waals surface area contributed by atoms with Crippen LogP contribution >= 0.6 is 0 Å². The number of cyclic esters (lactones) is 1. The summed E-state index contributed by atoms with van der Waals surface area (Å²) in [5, 5.41) is 0.950. The molecule has 2 aliphatic rings. The summed E-state index contributed by atoms with van der Waals surface area (Å²) in [6.07, 6.45) is -0.445. The zero-order valence-corrected chi connectivity index (χ0v) is 21.7. The van der Waals surface area contributed by atoms with Crippen molar-refractivity contribution in [3.8, 4) is 11.4 Å². The third-order valence-electron chi connectivity index (χ3n) is 6.77. The van der Waals surface area contributed by atoms with Gasteiger partial charge in [-0.05, 0) is 45.4 Å². The molecular formula is C28H29N3O7. The van der Waals surface area contributed by atoms with Gasteiger partial charge in [0.1, 0.15) is 18.2 Å². The van der Waals surface area contributed by atoms with Gasteiger partial charge in [-0.15, -0.1) is 0 Å². The molecule has 0 spiro atoms. The Balaban J connectivity index is 1.54. The number of aromatic nitrogens is 2. The van der Waals surface area contributed by atoms with Crippen molar-refractivity contribution in [1.29, 1.82) is 0 Å². The molecule has 38 heavy (non-hydrogen) atoms. The number of pyridine rings is 2. The second-order valence-electron chi connectivity index (χ2n) is 10.6. The van der Waals surface area contributed by atoms with E-state index >= 15 is 0 Å². The second-order valence-corrected chi connectivity index (χ2v) is 10.6. The maximum Gasteiger partial charge on any atom is 0.355 e. The molecule has 0 fully saturated rings. The van der Waals surface area contributed by atoms with Crippen molar-refractivity contribution in [1.82, 2.24) is 9.55 Å². The van der Waals surface area contributed by atoms with E-state index in [1.54, 1.807) is 38.3 Å². The summed E-state index contributed by atoms with van der Waals surface area (Å²) in [6.45, 7) is 6.81. The zero-order chi connectivity index (χ0) is 27.4. The van der Waals surface area contributed by atoms with E-state index in [1.165, 1.54) is 0 Å². The van der Waals surface area contributed by atoms with Gasteiger partial charge in [0.05, 0.1) is 35.4 Å². The summed E-state index contributed by atoms with van der Waals surface area (Å²) < 4.78 is 17.9. The standard InChI is InChI=1S/C28H29N3O7/c1-5-28(38-25(34)19(29)12-22(32)37-27(2,3)4)18-11-21-23-16(10-15-8-6-7-9-20(15)30-23)13-31(21)24(33)17(18)14-36-26(28)35/h6-11,19H,5,12-14,29H2,1-4H3/t19-,28+/m1/s1. The van der Waals surface area contributed by atoms with Crippen LogP contribution in [0.1, 0.15) is 57.2 Å². The first kappa shape index (κ1) is 25.6. The fourth-order valence-electron chi connectivity index (χ4n) is 4.98. The highest BCUT2D eigenvalue weighted by molar-refractivity contribution is 5.90. The third kappa shape index (κ3) is 4.24. The molecule has 10 heteroatoms. The molecule has 0 bridgehead atoms. The number of benzene rings is 1. The maximum absolute atomic E-state index is 13.6. The summed E-state index contributed by atoms with van der Waals surface area (Å²) in [7, 11) is 0. The lowest BCUT2D eigenvalue weighted by Gasteiger charge is -2.36. The lowest BCUT2D eigenvalue weighted by molar-refractivity contribution is -0.190. The third-order valence-corrected chi connectivity index (χ3v) is 6.77. The Labute approximate surface area is 218 Å². The Morgan fingerprint density at radius 1 is 1.21 bits per heavy atom. The van der Waals surface area contributed by atoms with Crippen LogP contribution in [-0.2, 0) is 47.3 Å². The first-order chi connectivity index (χ1) is 17.9. The molecule has 5 rings (SSSR count). The number of hydrogen-bond donors (Lipinski definition) is 1. The molecule has 3 aromatic rings. The Bertz CT molecular complexity index is 1550. The molecular weight excluding hydrogens is 490 g/mol. The minimum absolute atomic E-state index is 0.00930. The Hall–Kier alpha value is -4.05. The molecule has 0 saturated carbocycles. The van der Waals surface area contributed by atoms with Crippen molar-refractivity contribution >= 4 is 28.8 Å². The highest BCUT2D eigenvalue weighted by Crippen LogP contribution is 2.41. The van der Waals surface area contributed by atoms with Gasteiger partial charge in [0.2, 0.25) is 5.60 Å². The van der Waals surface area contributed by atoms with Gasteiger partial charge in [-0.3, -0.25) is 14.4 Å². The second kappa shape index (κ2) is 9.05. The number of nitrogens with two attached hydrogens (primary N) is 1. The van der Waals surface area contributed by atoms with Crippen molar-refractivity contribution in [2.24, 2.45) is 5.73 Å². The number of fused-ring (bicyclic) bond motifs is 5. The van der Waals surface area contributed by atoms with Crippen LogP contribution in [0.15, 0.2) is 41.2 Å². The van der Waals surface area contributed by atoms with E-state index in [4.69, 9.17) is 24.9 Å². The van der Waals surface area contributed by atoms with Crippen LogP contribution in [0, 0.1) is 0 Å². The monoisotopic (exact) mass is 519 g/mol. The normalized spacial score (nSPS) is 18.7. The van der Waals surface area contributed by atoms with Gasteiger partial charge < -0.3 is 24.5 Å². The molecule has 0 amide bonds. The first-order valence-electron chi connectivity index (χ1n) is 12.5. The van der Waals surface area contributed by atoms with E-state index in [0.717, 1.165) is 16.5 Å². The van der Waals surface area contributed by atoms with Crippen molar-refractivity contribution in [2.45, 2.75) is 70.9 Å². The highest BCUT2D eigenvalue weighted by Gasteiger charge is 2.51. The number of hydrogen-bond acceptors (Lipinski definition) is 9. The molecule has 198 valence electrons. The number of para-hydroxylation sites is 1. The quantitative estimate of drug-likeness (QED) is 0.311. The van der Waals surface area contributed by atoms with Gasteiger partial charge in [-0.2, -0.15) is 0 Å². The Morgan fingerprint density at radius 3 is 2.66 bits per heavy atom. The molecule has 0 saturated heterocycles. The summed E-state index contributed by atoms with van der Waals surface area (Å²) >= 11 is 0. The van der Waals surface area contributed by atoms with Crippen LogP contribution < -0.4 is 11.3 Å². The summed E-state index contributed by atoms with van der Waals surface area (Å²) in [6, 6.07) is 9.94. The van der Waals surface area contributed by atoms with Crippen LogP contribution in [0.5, 0.6) is 0 Å². The molecule has 1 aromatic carbocycles. The number of carbonyl (C=O) groups is 3. The molecule has 0 aliphatic carbocycles. The van der Waals surface area contributed by atoms with Crippen molar-refractivity contribution < 1.29 is 28.6 Å². The molecule has 0 radical (unpaired) electrons. The van der Waals surface area contributed by atoms with Crippen LogP contribution in [0.25, 0.3) is 22.3 Å². The zero-order valence-electron chi connectivity index (χ0n) is 21.7. The van der Waals surface area contributed by atoms with Crippen molar-refractivity contribution in [2.75, 3.05) is 0 Å². The molecule has 0 unspecified atom stereocenters. The lowest BCUT2D eigenvalue weighted by Crippen LogP contribution is -2.50. The summed E-state index contributed by atoms with van der Waals surface area (Å²) in [5.41, 5.74) is 6.22. The van der Waals surface area contributed by atoms with Gasteiger partial charge in [0.25, 0.3) is 5.56 Å². The lowest BCUT2D eigenvalue weighted by atomic mass is 9.85. The predicted molar refractivity (Wildman–Crippen MR) is 137 cm³/mol. The minimum atomic E-state index is -1.90. The average Bonchev–Trinajstić information content (AvgIpc) is 3.21. The Kier molecular flexibility index (Phi) is 6.10. The van der Waals surface area contributed by atoms with E-state index in [9.17, 15) is 19.2 Å². The van der Waals surface area contributed by atoms with Crippen molar-refractivity contribution in [3.05, 3.63) is 63.4 Å². The van der Waals surface area contributed by atoms with Gasteiger partial charge in [-0.25, -0.2) is 9.78 Å². The Morgan fingerprint density at radius 2 is 1.95 bits per heavy atom. The fourth-order valence-corrected chi connectivity index (χ4v) is 4.98. The number of esters is 3. The van der Waals surface area contributed by atoms with Crippen LogP contribution in [-0.4, -0.2) is 39.1 Å². The highest BCUT2D eigenvalue weighted by atomic mass is 16.6. The molecule has 10 nitrogen and oxygen atoms in total. The van der Waals surface area contributed by atoms with E-state index < -0.39 is 41.6 Å². The summed E-state index contributed by atoms with van der Waals surface area (Å²) in [4.78, 5) is 56.8. The molecule has 2 aliphatic heterocycles. The number of rotatable bonds is 5. The molecule has 2 aromatic heterocycles. The number of nitrogens with zero attached hydrogens (tertiary/aromatic N) is 2. The van der Waals surface area contributed by atoms with Gasteiger partial charge in [-0.1, -0.05) is 25.1 Å². The fraction of sp³-hybridized carbons (Fsp3) is 0.393. The van der Waals surface area contributed by atoms with Gasteiger partial charge >= 0.3 is 17.9 Å². The minimum Gasteiger partial charge on any atom is -0.460 e. The predicted octanol–water partition coefficient (Wildman–Crippen LogP) is 2.69. The van der Waals surface area contributed by atoms with E-state index in [0.29, 0.717) is 17.9 Å². The maximum atomic E-state index is 13.6. The average molecular weight is 520 g/mol. The first-order valence-corrected chi connectivity index (χ1v) is 12.5. The SMILES string of the molecule is CC[C@@]1(OC(=O)[C@H](N)CC(=O)OC(C)(C)C)C(=O)OCc2c1cc1n(c2=O)Cc2cc3ccccc3nc2-1. The largest absolute Gasteiger partial charge is 0.460 e. The summed E-state index contributed by atoms with van der Waals surface area (Å²) in [5.74, 6) is -2.46. The number of ether oxygens (including phenoxy) is 3. The van der Waals surface area contributed by atoms with Crippen LogP contribution in [0.3, 0.4) is 0 Å². The van der Waals surface area contributed by atoms with Crippen LogP contribution in [0.4, 0.5) is 0 Å². The van der Waals surface area contributed by atoms with Gasteiger partial charge in [0, 0.05) is 16.5 Å². The van der Waals surface area contributed by atoms with Crippen LogP contribution in [0.2, 0.25) is 0 Å². The van der Waals surface area contributed by atoms with E-state index in [1.807, 2.05) is 30.3 Å². The molecule has 2 N–H and O–H groups in total. The smallest absolute Gasteiger partial charge is 0.355 e. The van der Waals surface area contributed by atoms with E-state index in [-0.39, 0.29) is 29.7 Å². The van der Waals surface area contributed by atoms with E-state index in [2.05, 4.69) is 0 Å². The number of carbonyl (C=O) groups excluding carboxylic acids is 3. The molecule has 2 atom stereocenters. The van der Waals surface area contributed by atoms with Gasteiger partial charge in [0.15, 0.2) is 0 Å². The molecule has 4 heterocycles. The van der Waals surface area contributed by atoms with Crippen molar-refractivity contribution in [3.63, 3.8) is 0 Å².